The van der Waals surface area contributed by atoms with Crippen LogP contribution in [0.15, 0.2) is 23.3 Å². The number of hydrogen-bond donors (Lipinski definition) is 0. The first-order chi connectivity index (χ1) is 4.75. The van der Waals surface area contributed by atoms with E-state index < -0.39 is 0 Å². The third kappa shape index (κ3) is 1.31. The van der Waals surface area contributed by atoms with Gasteiger partial charge in [-0.25, -0.2) is 0 Å². The minimum Gasteiger partial charge on any atom is -0.0837 e. The molecule has 0 aromatic heterocycles. The zero-order chi connectivity index (χ0) is 7.56. The van der Waals surface area contributed by atoms with Crippen LogP contribution in [0.5, 0.6) is 0 Å². The van der Waals surface area contributed by atoms with Crippen molar-refractivity contribution < 1.29 is 0 Å². The molecular weight excluding hydrogens is 120 g/mol. The zero-order valence-corrected chi connectivity index (χ0v) is 7.15. The van der Waals surface area contributed by atoms with Crippen LogP contribution in [-0.4, -0.2) is 0 Å². The Labute approximate surface area is 63.6 Å². The van der Waals surface area contributed by atoms with Gasteiger partial charge >= 0.3 is 0 Å². The fourth-order valence-corrected chi connectivity index (χ4v) is 1.44. The molecule has 0 aromatic carbocycles. The maximum atomic E-state index is 2.30. The van der Waals surface area contributed by atoms with Crippen LogP contribution in [0.2, 0.25) is 0 Å². The zero-order valence-electron chi connectivity index (χ0n) is 7.15. The van der Waals surface area contributed by atoms with E-state index in [0.717, 1.165) is 5.92 Å². The van der Waals surface area contributed by atoms with Gasteiger partial charge in [-0.2, -0.15) is 0 Å². The molecule has 0 spiro atoms. The average Bonchev–Trinajstić information content (AvgIpc) is 1.95. The Morgan fingerprint density at radius 3 is 2.80 bits per heavy atom. The van der Waals surface area contributed by atoms with Crippen molar-refractivity contribution in [3.63, 3.8) is 0 Å². The third-order valence-corrected chi connectivity index (χ3v) is 2.44. The Morgan fingerprint density at radius 1 is 1.60 bits per heavy atom. The van der Waals surface area contributed by atoms with Crippen LogP contribution in [0.4, 0.5) is 0 Å². The van der Waals surface area contributed by atoms with Crippen molar-refractivity contribution in [1.29, 1.82) is 0 Å². The lowest BCUT2D eigenvalue weighted by Crippen LogP contribution is -2.01. The highest BCUT2D eigenvalue weighted by Gasteiger charge is 2.09. The minimum absolute atomic E-state index is 0.778. The number of allylic oxidation sites excluding steroid dienone is 4. The van der Waals surface area contributed by atoms with Gasteiger partial charge in [-0.05, 0) is 31.3 Å². The Morgan fingerprint density at radius 2 is 2.30 bits per heavy atom. The highest BCUT2D eigenvalue weighted by molar-refractivity contribution is 5.29. The second-order valence-electron chi connectivity index (χ2n) is 3.10. The van der Waals surface area contributed by atoms with Crippen molar-refractivity contribution >= 4 is 0 Å². The molecule has 1 atom stereocenters. The van der Waals surface area contributed by atoms with Gasteiger partial charge < -0.3 is 0 Å². The summed E-state index contributed by atoms with van der Waals surface area (Å²) in [4.78, 5) is 0. The fraction of sp³-hybridized carbons (Fsp3) is 0.600. The molecule has 0 aliphatic heterocycles. The Balaban J connectivity index is 2.82. The highest BCUT2D eigenvalue weighted by Crippen LogP contribution is 2.25. The Kier molecular flexibility index (Phi) is 2.31. The maximum Gasteiger partial charge on any atom is -0.0194 e. The predicted molar refractivity (Wildman–Crippen MR) is 45.9 cm³/mol. The van der Waals surface area contributed by atoms with Crippen LogP contribution in [0.25, 0.3) is 0 Å². The SMILES string of the molecule is CCC1=C(C)C(C)CC=C1. The van der Waals surface area contributed by atoms with Gasteiger partial charge in [0.25, 0.3) is 0 Å². The van der Waals surface area contributed by atoms with E-state index in [4.69, 9.17) is 0 Å². The molecule has 0 aromatic rings. The molecule has 0 saturated carbocycles. The second-order valence-corrected chi connectivity index (χ2v) is 3.10. The molecule has 56 valence electrons. The predicted octanol–water partition coefficient (Wildman–Crippen LogP) is 3.31. The summed E-state index contributed by atoms with van der Waals surface area (Å²) >= 11 is 0. The van der Waals surface area contributed by atoms with Crippen molar-refractivity contribution in [3.8, 4) is 0 Å². The van der Waals surface area contributed by atoms with Gasteiger partial charge in [-0.1, -0.05) is 31.6 Å². The molecular formula is C10H16. The summed E-state index contributed by atoms with van der Waals surface area (Å²) in [5.41, 5.74) is 3.13. The molecule has 0 heteroatoms. The normalized spacial score (nSPS) is 25.7. The quantitative estimate of drug-likeness (QED) is 0.518. The van der Waals surface area contributed by atoms with Gasteiger partial charge in [0.2, 0.25) is 0 Å². The van der Waals surface area contributed by atoms with Crippen LogP contribution < -0.4 is 0 Å². The van der Waals surface area contributed by atoms with Crippen LogP contribution in [-0.2, 0) is 0 Å². The van der Waals surface area contributed by atoms with E-state index in [0.29, 0.717) is 0 Å². The van der Waals surface area contributed by atoms with Crippen molar-refractivity contribution in [2.45, 2.75) is 33.6 Å². The smallest absolute Gasteiger partial charge is 0.0194 e. The van der Waals surface area contributed by atoms with E-state index in [1.54, 1.807) is 11.1 Å². The maximum absolute atomic E-state index is 2.30. The molecule has 1 aliphatic carbocycles. The van der Waals surface area contributed by atoms with E-state index in [9.17, 15) is 0 Å². The van der Waals surface area contributed by atoms with Crippen LogP contribution in [0.3, 0.4) is 0 Å². The molecule has 0 nitrogen and oxygen atoms in total. The molecule has 0 fully saturated rings. The van der Waals surface area contributed by atoms with Gasteiger partial charge in [0.15, 0.2) is 0 Å². The Hall–Kier alpha value is -0.520. The third-order valence-electron chi connectivity index (χ3n) is 2.44. The van der Waals surface area contributed by atoms with Gasteiger partial charge in [0.05, 0.1) is 0 Å². The molecule has 0 amide bonds. The van der Waals surface area contributed by atoms with E-state index in [2.05, 4.69) is 32.9 Å². The van der Waals surface area contributed by atoms with Gasteiger partial charge in [0, 0.05) is 0 Å². The lowest BCUT2D eigenvalue weighted by atomic mass is 9.89. The molecule has 1 rings (SSSR count). The molecule has 10 heavy (non-hydrogen) atoms. The standard InChI is InChI=1S/C10H16/c1-4-10-7-5-6-8(2)9(10)3/h5,7-8H,4,6H2,1-3H3. The van der Waals surface area contributed by atoms with Crippen molar-refractivity contribution in [2.24, 2.45) is 5.92 Å². The number of rotatable bonds is 1. The largest absolute Gasteiger partial charge is 0.0837 e. The summed E-state index contributed by atoms with van der Waals surface area (Å²) in [5.74, 6) is 0.778. The molecule has 1 unspecified atom stereocenters. The fourth-order valence-electron chi connectivity index (χ4n) is 1.44. The minimum atomic E-state index is 0.778. The van der Waals surface area contributed by atoms with Crippen LogP contribution >= 0.6 is 0 Å². The monoisotopic (exact) mass is 136 g/mol. The molecule has 0 N–H and O–H groups in total. The van der Waals surface area contributed by atoms with Crippen molar-refractivity contribution in [2.75, 3.05) is 0 Å². The summed E-state index contributed by atoms with van der Waals surface area (Å²) < 4.78 is 0. The first kappa shape index (κ1) is 7.59. The molecule has 0 bridgehead atoms. The van der Waals surface area contributed by atoms with E-state index >= 15 is 0 Å². The van der Waals surface area contributed by atoms with Crippen molar-refractivity contribution in [3.05, 3.63) is 23.3 Å². The van der Waals surface area contributed by atoms with E-state index in [1.165, 1.54) is 12.8 Å². The summed E-state index contributed by atoms with van der Waals surface area (Å²) in [6, 6.07) is 0. The topological polar surface area (TPSA) is 0 Å². The van der Waals surface area contributed by atoms with Crippen LogP contribution in [0, 0.1) is 5.92 Å². The summed E-state index contributed by atoms with van der Waals surface area (Å²) in [6.45, 7) is 6.78. The second kappa shape index (κ2) is 3.05. The summed E-state index contributed by atoms with van der Waals surface area (Å²) in [5, 5.41) is 0. The molecule has 0 saturated heterocycles. The van der Waals surface area contributed by atoms with E-state index in [-0.39, 0.29) is 0 Å². The van der Waals surface area contributed by atoms with Gasteiger partial charge in [-0.3, -0.25) is 0 Å². The highest BCUT2D eigenvalue weighted by atomic mass is 14.1. The molecule has 1 aliphatic rings. The summed E-state index contributed by atoms with van der Waals surface area (Å²) in [6.07, 6.45) is 6.98. The molecule has 0 radical (unpaired) electrons. The first-order valence-electron chi connectivity index (χ1n) is 4.12. The molecule has 0 heterocycles. The van der Waals surface area contributed by atoms with Gasteiger partial charge in [-0.15, -0.1) is 0 Å². The van der Waals surface area contributed by atoms with Crippen molar-refractivity contribution in [1.82, 2.24) is 0 Å². The van der Waals surface area contributed by atoms with Crippen LogP contribution in [0.1, 0.15) is 33.6 Å². The summed E-state index contributed by atoms with van der Waals surface area (Å²) in [7, 11) is 0. The van der Waals surface area contributed by atoms with Gasteiger partial charge in [0.1, 0.15) is 0 Å². The first-order valence-corrected chi connectivity index (χ1v) is 4.12. The van der Waals surface area contributed by atoms with E-state index in [1.807, 2.05) is 0 Å². The lowest BCUT2D eigenvalue weighted by molar-refractivity contribution is 0.672. The number of hydrogen-bond acceptors (Lipinski definition) is 0. The lowest BCUT2D eigenvalue weighted by Gasteiger charge is -2.17. The Bertz CT molecular complexity index is 172. The average molecular weight is 136 g/mol.